The van der Waals surface area contributed by atoms with E-state index in [1.807, 2.05) is 0 Å². The summed E-state index contributed by atoms with van der Waals surface area (Å²) in [5, 5.41) is 8.75. The quantitative estimate of drug-likeness (QED) is 0.775. The lowest BCUT2D eigenvalue weighted by Crippen LogP contribution is -2.14. The second kappa shape index (κ2) is 4.88. The summed E-state index contributed by atoms with van der Waals surface area (Å²) in [7, 11) is 0. The van der Waals surface area contributed by atoms with Gasteiger partial charge in [0, 0.05) is 0 Å². The van der Waals surface area contributed by atoms with Crippen LogP contribution < -0.4 is 10.5 Å². The van der Waals surface area contributed by atoms with Gasteiger partial charge in [0.15, 0.2) is 0 Å². The van der Waals surface area contributed by atoms with Gasteiger partial charge in [0.05, 0.1) is 12.6 Å². The highest BCUT2D eigenvalue weighted by Crippen LogP contribution is 2.19. The zero-order chi connectivity index (χ0) is 10.6. The minimum Gasteiger partial charge on any atom is -0.435 e. The summed E-state index contributed by atoms with van der Waals surface area (Å²) in [6.45, 7) is -3.09. The molecule has 0 heterocycles. The summed E-state index contributed by atoms with van der Waals surface area (Å²) in [5.41, 5.74) is 6.06. The first kappa shape index (κ1) is 10.9. The Morgan fingerprint density at radius 1 is 1.43 bits per heavy atom. The van der Waals surface area contributed by atoms with Crippen LogP contribution in [0.25, 0.3) is 0 Å². The fraction of sp³-hybridized carbons (Fsp3) is 0.333. The topological polar surface area (TPSA) is 55.5 Å². The van der Waals surface area contributed by atoms with Gasteiger partial charge < -0.3 is 15.6 Å². The number of nitrogens with two attached hydrogens (primary N) is 1. The van der Waals surface area contributed by atoms with Gasteiger partial charge in [-0.25, -0.2) is 0 Å². The number of ether oxygens (including phenoxy) is 1. The molecule has 0 aliphatic carbocycles. The van der Waals surface area contributed by atoms with Gasteiger partial charge in [0.25, 0.3) is 0 Å². The van der Waals surface area contributed by atoms with Crippen LogP contribution >= 0.6 is 0 Å². The standard InChI is InChI=1S/C9H11F2NO2/c10-9(11)14-7-3-1-2-6(4-7)8(12)5-13/h1-4,8-9,13H,5,12H2. The van der Waals surface area contributed by atoms with E-state index in [0.29, 0.717) is 5.56 Å². The minimum atomic E-state index is -2.85. The van der Waals surface area contributed by atoms with Gasteiger partial charge in [-0.1, -0.05) is 12.1 Å². The van der Waals surface area contributed by atoms with Gasteiger partial charge in [-0.3, -0.25) is 0 Å². The first-order valence-corrected chi connectivity index (χ1v) is 4.04. The predicted molar refractivity (Wildman–Crippen MR) is 47.1 cm³/mol. The molecular formula is C9H11F2NO2. The number of hydrogen-bond acceptors (Lipinski definition) is 3. The fourth-order valence-corrected chi connectivity index (χ4v) is 1.03. The van der Waals surface area contributed by atoms with Crippen molar-refractivity contribution < 1.29 is 18.6 Å². The highest BCUT2D eigenvalue weighted by atomic mass is 19.3. The second-order valence-electron chi connectivity index (χ2n) is 2.74. The van der Waals surface area contributed by atoms with Gasteiger partial charge in [-0.05, 0) is 17.7 Å². The molecule has 3 nitrogen and oxygen atoms in total. The fourth-order valence-electron chi connectivity index (χ4n) is 1.03. The minimum absolute atomic E-state index is 0.0430. The van der Waals surface area contributed by atoms with Crippen LogP contribution in [0.3, 0.4) is 0 Å². The van der Waals surface area contributed by atoms with E-state index in [1.165, 1.54) is 12.1 Å². The summed E-state index contributed by atoms with van der Waals surface area (Å²) in [5.74, 6) is 0.0430. The normalized spacial score (nSPS) is 12.9. The zero-order valence-corrected chi connectivity index (χ0v) is 7.36. The lowest BCUT2D eigenvalue weighted by molar-refractivity contribution is -0.0499. The molecule has 0 aromatic heterocycles. The largest absolute Gasteiger partial charge is 0.435 e. The zero-order valence-electron chi connectivity index (χ0n) is 7.36. The third kappa shape index (κ3) is 2.93. The highest BCUT2D eigenvalue weighted by Gasteiger charge is 2.08. The molecular weight excluding hydrogens is 192 g/mol. The maximum Gasteiger partial charge on any atom is 0.387 e. The van der Waals surface area contributed by atoms with E-state index in [1.54, 1.807) is 12.1 Å². The van der Waals surface area contributed by atoms with Gasteiger partial charge in [-0.2, -0.15) is 8.78 Å². The molecule has 0 radical (unpaired) electrons. The molecule has 5 heteroatoms. The van der Waals surface area contributed by atoms with Crippen LogP contribution in [0.5, 0.6) is 5.75 Å². The summed E-state index contributed by atoms with van der Waals surface area (Å²) < 4.78 is 27.8. The van der Waals surface area contributed by atoms with Crippen molar-refractivity contribution in [2.45, 2.75) is 12.7 Å². The maximum atomic E-state index is 11.8. The average molecular weight is 203 g/mol. The first-order chi connectivity index (χ1) is 6.63. The smallest absolute Gasteiger partial charge is 0.387 e. The van der Waals surface area contributed by atoms with E-state index >= 15 is 0 Å². The highest BCUT2D eigenvalue weighted by molar-refractivity contribution is 5.30. The molecule has 1 atom stereocenters. The summed E-state index contributed by atoms with van der Waals surface area (Å²) >= 11 is 0. The van der Waals surface area contributed by atoms with Crippen LogP contribution in [0.1, 0.15) is 11.6 Å². The predicted octanol–water partition coefficient (Wildman–Crippen LogP) is 1.28. The lowest BCUT2D eigenvalue weighted by Gasteiger charge is -2.10. The molecule has 0 saturated carbocycles. The number of aliphatic hydroxyl groups is 1. The van der Waals surface area contributed by atoms with Crippen molar-refractivity contribution in [1.82, 2.24) is 0 Å². The molecule has 3 N–H and O–H groups in total. The van der Waals surface area contributed by atoms with E-state index in [2.05, 4.69) is 4.74 Å². The van der Waals surface area contributed by atoms with Crippen LogP contribution in [-0.4, -0.2) is 18.3 Å². The van der Waals surface area contributed by atoms with E-state index in [0.717, 1.165) is 0 Å². The van der Waals surface area contributed by atoms with Gasteiger partial charge in [0.1, 0.15) is 5.75 Å². The molecule has 0 amide bonds. The van der Waals surface area contributed by atoms with E-state index in [4.69, 9.17) is 10.8 Å². The van der Waals surface area contributed by atoms with E-state index in [-0.39, 0.29) is 12.4 Å². The van der Waals surface area contributed by atoms with Crippen molar-refractivity contribution in [3.8, 4) is 5.75 Å². The Balaban J connectivity index is 2.78. The van der Waals surface area contributed by atoms with Crippen molar-refractivity contribution in [1.29, 1.82) is 0 Å². The molecule has 0 aliphatic rings. The number of hydrogen-bond donors (Lipinski definition) is 2. The van der Waals surface area contributed by atoms with Crippen molar-refractivity contribution in [3.63, 3.8) is 0 Å². The Kier molecular flexibility index (Phi) is 3.79. The van der Waals surface area contributed by atoms with E-state index in [9.17, 15) is 8.78 Å². The molecule has 1 unspecified atom stereocenters. The van der Waals surface area contributed by atoms with Crippen LogP contribution in [-0.2, 0) is 0 Å². The van der Waals surface area contributed by atoms with Crippen molar-refractivity contribution in [2.24, 2.45) is 5.73 Å². The third-order valence-electron chi connectivity index (χ3n) is 1.71. The Morgan fingerprint density at radius 3 is 2.71 bits per heavy atom. The Morgan fingerprint density at radius 2 is 2.14 bits per heavy atom. The van der Waals surface area contributed by atoms with Crippen molar-refractivity contribution in [2.75, 3.05) is 6.61 Å². The molecule has 0 bridgehead atoms. The third-order valence-corrected chi connectivity index (χ3v) is 1.71. The average Bonchev–Trinajstić information content (AvgIpc) is 2.16. The molecule has 1 aromatic rings. The second-order valence-corrected chi connectivity index (χ2v) is 2.74. The van der Waals surface area contributed by atoms with Crippen LogP contribution in [0.2, 0.25) is 0 Å². The Labute approximate surface area is 80.1 Å². The molecule has 0 spiro atoms. The molecule has 1 aromatic carbocycles. The number of aliphatic hydroxyl groups excluding tert-OH is 1. The lowest BCUT2D eigenvalue weighted by atomic mass is 10.1. The maximum absolute atomic E-state index is 11.8. The first-order valence-electron chi connectivity index (χ1n) is 4.04. The molecule has 0 aliphatic heterocycles. The van der Waals surface area contributed by atoms with E-state index < -0.39 is 12.7 Å². The molecule has 0 saturated heterocycles. The molecule has 1 rings (SSSR count). The van der Waals surface area contributed by atoms with Gasteiger partial charge in [-0.15, -0.1) is 0 Å². The Bertz CT molecular complexity index is 294. The van der Waals surface area contributed by atoms with Crippen LogP contribution in [0, 0.1) is 0 Å². The number of alkyl halides is 2. The number of benzene rings is 1. The Hall–Kier alpha value is -1.20. The molecule has 0 fully saturated rings. The van der Waals surface area contributed by atoms with Crippen molar-refractivity contribution in [3.05, 3.63) is 29.8 Å². The number of rotatable bonds is 4. The monoisotopic (exact) mass is 203 g/mol. The summed E-state index contributed by atoms with van der Waals surface area (Å²) in [6.07, 6.45) is 0. The SMILES string of the molecule is NC(CO)c1cccc(OC(F)F)c1. The molecule has 78 valence electrons. The van der Waals surface area contributed by atoms with Gasteiger partial charge in [0.2, 0.25) is 0 Å². The summed E-state index contributed by atoms with van der Waals surface area (Å²) in [6, 6.07) is 5.39. The van der Waals surface area contributed by atoms with Crippen LogP contribution in [0.15, 0.2) is 24.3 Å². The molecule has 14 heavy (non-hydrogen) atoms. The van der Waals surface area contributed by atoms with Crippen molar-refractivity contribution >= 4 is 0 Å². The van der Waals surface area contributed by atoms with Gasteiger partial charge >= 0.3 is 6.61 Å². The van der Waals surface area contributed by atoms with Crippen LogP contribution in [0.4, 0.5) is 8.78 Å². The summed E-state index contributed by atoms with van der Waals surface area (Å²) in [4.78, 5) is 0. The number of halogens is 2.